The van der Waals surface area contributed by atoms with Crippen molar-refractivity contribution < 1.29 is 13.2 Å². The summed E-state index contributed by atoms with van der Waals surface area (Å²) in [6, 6.07) is 9.15. The average Bonchev–Trinajstić information content (AvgIpc) is 3.26. The summed E-state index contributed by atoms with van der Waals surface area (Å²) >= 11 is 4.66. The molecule has 1 aliphatic carbocycles. The highest BCUT2D eigenvalue weighted by Gasteiger charge is 2.47. The normalized spacial score (nSPS) is 18.3. The van der Waals surface area contributed by atoms with Crippen LogP contribution in [0.1, 0.15) is 22.5 Å². The molecule has 2 aliphatic rings. The van der Waals surface area contributed by atoms with Crippen molar-refractivity contribution in [3.8, 4) is 0 Å². The van der Waals surface area contributed by atoms with Gasteiger partial charge in [-0.25, -0.2) is 8.61 Å². The number of rotatable bonds is 5. The lowest BCUT2D eigenvalue weighted by Crippen LogP contribution is -2.42. The number of halogens is 1. The number of hydrogen-bond donors (Lipinski definition) is 1. The van der Waals surface area contributed by atoms with E-state index in [0.717, 1.165) is 23.0 Å². The minimum atomic E-state index is -3.57. The van der Waals surface area contributed by atoms with Crippen molar-refractivity contribution in [1.82, 2.24) is 5.32 Å². The molecule has 1 fully saturated rings. The molecule has 1 N–H and O–H groups in total. The standard InChI is InChI=1S/C16H16BrN3O3S2/c17-11-9-15(24-10-11)16(21)18-7-8-19-13-3-1-2-4-14(13)20(12-5-6-12)25(19,22)23/h1-4,9-10,12H,5-8H2,(H,18,21). The molecule has 6 nitrogen and oxygen atoms in total. The summed E-state index contributed by atoms with van der Waals surface area (Å²) in [5.41, 5.74) is 1.42. The van der Waals surface area contributed by atoms with E-state index in [1.807, 2.05) is 29.6 Å². The van der Waals surface area contributed by atoms with Crippen LogP contribution in [0.3, 0.4) is 0 Å². The van der Waals surface area contributed by atoms with Gasteiger partial charge in [-0.05, 0) is 47.0 Å². The Bertz CT molecular complexity index is 924. The van der Waals surface area contributed by atoms with Gasteiger partial charge in [-0.1, -0.05) is 12.1 Å². The zero-order chi connectivity index (χ0) is 17.6. The quantitative estimate of drug-likeness (QED) is 0.774. The summed E-state index contributed by atoms with van der Waals surface area (Å²) in [7, 11) is -3.57. The Balaban J connectivity index is 1.49. The van der Waals surface area contributed by atoms with E-state index < -0.39 is 10.2 Å². The van der Waals surface area contributed by atoms with Gasteiger partial charge in [-0.15, -0.1) is 11.3 Å². The fourth-order valence-electron chi connectivity index (χ4n) is 2.94. The van der Waals surface area contributed by atoms with Gasteiger partial charge < -0.3 is 5.32 Å². The van der Waals surface area contributed by atoms with Gasteiger partial charge in [-0.2, -0.15) is 8.42 Å². The van der Waals surface area contributed by atoms with E-state index in [4.69, 9.17) is 0 Å². The highest BCUT2D eigenvalue weighted by molar-refractivity contribution is 9.10. The van der Waals surface area contributed by atoms with Crippen LogP contribution in [-0.4, -0.2) is 33.5 Å². The number of fused-ring (bicyclic) bond motifs is 1. The molecule has 4 rings (SSSR count). The Morgan fingerprint density at radius 2 is 2.00 bits per heavy atom. The van der Waals surface area contributed by atoms with E-state index in [1.165, 1.54) is 19.9 Å². The molecule has 1 aromatic carbocycles. The first kappa shape index (κ1) is 16.9. The van der Waals surface area contributed by atoms with E-state index in [0.29, 0.717) is 10.6 Å². The first-order valence-corrected chi connectivity index (χ1v) is 11.0. The number of thiophene rings is 1. The third-order valence-electron chi connectivity index (χ3n) is 4.19. The molecular formula is C16H16BrN3O3S2. The van der Waals surface area contributed by atoms with Crippen LogP contribution < -0.4 is 13.9 Å². The monoisotopic (exact) mass is 441 g/mol. The second-order valence-corrected chi connectivity index (χ2v) is 9.54. The maximum atomic E-state index is 12.9. The number of hydrogen-bond acceptors (Lipinski definition) is 4. The van der Waals surface area contributed by atoms with Crippen LogP contribution >= 0.6 is 27.3 Å². The first-order valence-electron chi connectivity index (χ1n) is 7.92. The van der Waals surface area contributed by atoms with E-state index in [9.17, 15) is 13.2 Å². The van der Waals surface area contributed by atoms with Crippen LogP contribution in [0.2, 0.25) is 0 Å². The van der Waals surface area contributed by atoms with Gasteiger partial charge in [0.25, 0.3) is 5.91 Å². The fraction of sp³-hybridized carbons (Fsp3) is 0.312. The van der Waals surface area contributed by atoms with Gasteiger partial charge in [0.1, 0.15) is 0 Å². The fourth-order valence-corrected chi connectivity index (χ4v) is 6.21. The SMILES string of the molecule is O=C(NCCN1c2ccccc2N(C2CC2)S1(=O)=O)c1cc(Br)cs1. The first-order chi connectivity index (χ1) is 12.0. The lowest BCUT2D eigenvalue weighted by molar-refractivity contribution is 0.0959. The summed E-state index contributed by atoms with van der Waals surface area (Å²) in [5.74, 6) is -0.195. The zero-order valence-electron chi connectivity index (χ0n) is 13.2. The molecule has 2 aromatic rings. The van der Waals surface area contributed by atoms with Gasteiger partial charge in [0.15, 0.2) is 0 Å². The van der Waals surface area contributed by atoms with Gasteiger partial charge >= 0.3 is 10.2 Å². The smallest absolute Gasteiger partial charge is 0.326 e. The minimum Gasteiger partial charge on any atom is -0.350 e. The molecule has 1 amide bonds. The molecule has 132 valence electrons. The van der Waals surface area contributed by atoms with Crippen molar-refractivity contribution in [1.29, 1.82) is 0 Å². The second kappa shape index (κ2) is 6.30. The Morgan fingerprint density at radius 3 is 2.64 bits per heavy atom. The van der Waals surface area contributed by atoms with E-state index in [2.05, 4.69) is 21.2 Å². The largest absolute Gasteiger partial charge is 0.350 e. The molecule has 1 saturated carbocycles. The van der Waals surface area contributed by atoms with Gasteiger partial charge in [0.05, 0.1) is 22.8 Å². The summed E-state index contributed by atoms with van der Waals surface area (Å²) in [6.45, 7) is 0.460. The Kier molecular flexibility index (Phi) is 4.25. The highest BCUT2D eigenvalue weighted by Crippen LogP contribution is 2.46. The van der Waals surface area contributed by atoms with Gasteiger partial charge in [0.2, 0.25) is 0 Å². The molecule has 0 atom stereocenters. The number of carbonyl (C=O) groups excluding carboxylic acids is 1. The summed E-state index contributed by atoms with van der Waals surface area (Å²) in [4.78, 5) is 12.7. The maximum Gasteiger partial charge on any atom is 0.326 e. The molecular weight excluding hydrogens is 426 g/mol. The molecule has 0 bridgehead atoms. The minimum absolute atomic E-state index is 0.0641. The predicted molar refractivity (Wildman–Crippen MR) is 103 cm³/mol. The van der Waals surface area contributed by atoms with Crippen molar-refractivity contribution in [3.05, 3.63) is 45.1 Å². The number of anilines is 2. The number of amides is 1. The number of nitrogens with zero attached hydrogens (tertiary/aromatic N) is 2. The maximum absolute atomic E-state index is 12.9. The molecule has 1 aliphatic heterocycles. The van der Waals surface area contributed by atoms with Crippen LogP contribution in [0.5, 0.6) is 0 Å². The topological polar surface area (TPSA) is 69.7 Å². The van der Waals surface area contributed by atoms with E-state index in [1.54, 1.807) is 6.07 Å². The average molecular weight is 442 g/mol. The van der Waals surface area contributed by atoms with Gasteiger partial charge in [0, 0.05) is 22.4 Å². The molecule has 25 heavy (non-hydrogen) atoms. The molecule has 2 heterocycles. The summed E-state index contributed by atoms with van der Waals surface area (Å²) in [6.07, 6.45) is 1.79. The van der Waals surface area contributed by atoms with Crippen molar-refractivity contribution in [3.63, 3.8) is 0 Å². The van der Waals surface area contributed by atoms with E-state index >= 15 is 0 Å². The van der Waals surface area contributed by atoms with Crippen molar-refractivity contribution in [2.24, 2.45) is 0 Å². The lowest BCUT2D eigenvalue weighted by Gasteiger charge is -2.21. The molecule has 0 unspecified atom stereocenters. The molecule has 0 saturated heterocycles. The second-order valence-electron chi connectivity index (χ2n) is 5.98. The highest BCUT2D eigenvalue weighted by atomic mass is 79.9. The van der Waals surface area contributed by atoms with Crippen LogP contribution in [0.25, 0.3) is 0 Å². The van der Waals surface area contributed by atoms with Crippen LogP contribution in [0, 0.1) is 0 Å². The Hall–Kier alpha value is -1.58. The molecule has 0 radical (unpaired) electrons. The van der Waals surface area contributed by atoms with Crippen molar-refractivity contribution in [2.75, 3.05) is 21.7 Å². The third-order valence-corrected chi connectivity index (χ3v) is 7.80. The zero-order valence-corrected chi connectivity index (χ0v) is 16.4. The number of para-hydroxylation sites is 2. The Labute approximate surface area is 158 Å². The number of carbonyl (C=O) groups is 1. The van der Waals surface area contributed by atoms with Crippen molar-refractivity contribution in [2.45, 2.75) is 18.9 Å². The van der Waals surface area contributed by atoms with Crippen molar-refractivity contribution >= 4 is 54.8 Å². The lowest BCUT2D eigenvalue weighted by atomic mass is 10.2. The van der Waals surface area contributed by atoms with Crippen LogP contribution in [0.15, 0.2) is 40.2 Å². The van der Waals surface area contributed by atoms with E-state index in [-0.39, 0.29) is 25.0 Å². The number of benzene rings is 1. The molecule has 1 aromatic heterocycles. The third kappa shape index (κ3) is 3.04. The summed E-state index contributed by atoms with van der Waals surface area (Å²) < 4.78 is 29.6. The predicted octanol–water partition coefficient (Wildman–Crippen LogP) is 2.97. The van der Waals surface area contributed by atoms with Gasteiger partial charge in [-0.3, -0.25) is 4.79 Å². The molecule has 0 spiro atoms. The summed E-state index contributed by atoms with van der Waals surface area (Å²) in [5, 5.41) is 4.63. The Morgan fingerprint density at radius 1 is 1.28 bits per heavy atom. The van der Waals surface area contributed by atoms with Crippen LogP contribution in [-0.2, 0) is 10.2 Å². The molecule has 9 heteroatoms. The van der Waals surface area contributed by atoms with Crippen LogP contribution in [0.4, 0.5) is 11.4 Å². The number of nitrogens with one attached hydrogen (secondary N) is 1.